The van der Waals surface area contributed by atoms with E-state index in [0.717, 1.165) is 5.56 Å². The van der Waals surface area contributed by atoms with Gasteiger partial charge in [-0.1, -0.05) is 42.5 Å². The molecule has 2 unspecified atom stereocenters. The zero-order valence-corrected chi connectivity index (χ0v) is 12.0. The van der Waals surface area contributed by atoms with Crippen LogP contribution in [0.3, 0.4) is 0 Å². The Hall–Kier alpha value is -1.95. The Bertz CT molecular complexity index is 578. The first-order chi connectivity index (χ1) is 10.2. The Morgan fingerprint density at radius 1 is 1.05 bits per heavy atom. The molecule has 0 amide bonds. The zero-order chi connectivity index (χ0) is 15.2. The fourth-order valence-electron chi connectivity index (χ4n) is 2.37. The molecule has 4 nitrogen and oxygen atoms in total. The van der Waals surface area contributed by atoms with E-state index in [9.17, 15) is 4.39 Å². The van der Waals surface area contributed by atoms with Crippen molar-refractivity contribution < 1.29 is 13.9 Å². The largest absolute Gasteiger partial charge is 0.494 e. The first kappa shape index (κ1) is 15.4. The number of benzene rings is 2. The van der Waals surface area contributed by atoms with Crippen LogP contribution in [0.5, 0.6) is 5.75 Å². The molecule has 0 radical (unpaired) electrons. The van der Waals surface area contributed by atoms with Gasteiger partial charge in [0.05, 0.1) is 13.2 Å². The van der Waals surface area contributed by atoms with Crippen LogP contribution < -0.4 is 16.0 Å². The number of hydrogen-bond donors (Lipinski definition) is 2. The van der Waals surface area contributed by atoms with Crippen LogP contribution in [-0.4, -0.2) is 14.2 Å². The minimum absolute atomic E-state index is 0.177. The summed E-state index contributed by atoms with van der Waals surface area (Å²) in [5.41, 5.74) is 3.94. The average molecular weight is 290 g/mol. The van der Waals surface area contributed by atoms with Crippen molar-refractivity contribution in [3.05, 3.63) is 65.5 Å². The summed E-state index contributed by atoms with van der Waals surface area (Å²) in [6, 6.07) is 14.0. The quantitative estimate of drug-likeness (QED) is 0.634. The van der Waals surface area contributed by atoms with Crippen molar-refractivity contribution in [1.29, 1.82) is 0 Å². The molecule has 2 rings (SSSR count). The topological polar surface area (TPSA) is 56.5 Å². The van der Waals surface area contributed by atoms with Gasteiger partial charge in [0.1, 0.15) is 6.10 Å². The van der Waals surface area contributed by atoms with E-state index in [-0.39, 0.29) is 5.75 Å². The molecule has 5 heteroatoms. The van der Waals surface area contributed by atoms with Crippen LogP contribution >= 0.6 is 0 Å². The molecule has 0 spiro atoms. The van der Waals surface area contributed by atoms with Gasteiger partial charge in [0, 0.05) is 12.7 Å². The minimum Gasteiger partial charge on any atom is -0.494 e. The van der Waals surface area contributed by atoms with E-state index in [0.29, 0.717) is 5.56 Å². The van der Waals surface area contributed by atoms with E-state index < -0.39 is 18.0 Å². The first-order valence-corrected chi connectivity index (χ1v) is 6.59. The SMILES string of the molecule is COc1cccc(C(NN)C(OC)c2ccccc2)c1F. The van der Waals surface area contributed by atoms with Gasteiger partial charge >= 0.3 is 0 Å². The van der Waals surface area contributed by atoms with E-state index in [2.05, 4.69) is 5.43 Å². The number of nitrogens with two attached hydrogens (primary N) is 1. The fourth-order valence-corrected chi connectivity index (χ4v) is 2.37. The lowest BCUT2D eigenvalue weighted by Crippen LogP contribution is -2.34. The second-order valence-corrected chi connectivity index (χ2v) is 4.57. The van der Waals surface area contributed by atoms with Gasteiger partial charge in [0.2, 0.25) is 0 Å². The van der Waals surface area contributed by atoms with Gasteiger partial charge in [-0.25, -0.2) is 9.82 Å². The summed E-state index contributed by atoms with van der Waals surface area (Å²) in [7, 11) is 3.00. The molecule has 0 aromatic heterocycles. The molecule has 0 bridgehead atoms. The highest BCUT2D eigenvalue weighted by molar-refractivity contribution is 5.35. The van der Waals surface area contributed by atoms with Crippen molar-refractivity contribution in [2.45, 2.75) is 12.1 Å². The molecule has 3 N–H and O–H groups in total. The summed E-state index contributed by atoms with van der Waals surface area (Å²) >= 11 is 0. The molecular weight excluding hydrogens is 271 g/mol. The third-order valence-corrected chi connectivity index (χ3v) is 3.41. The van der Waals surface area contributed by atoms with Crippen molar-refractivity contribution >= 4 is 0 Å². The molecule has 0 heterocycles. The Kier molecular flexibility index (Phi) is 5.27. The molecule has 2 aromatic carbocycles. The number of halogens is 1. The predicted octanol–water partition coefficient (Wildman–Crippen LogP) is 2.73. The molecule has 0 aliphatic heterocycles. The van der Waals surface area contributed by atoms with E-state index in [1.807, 2.05) is 30.3 Å². The Labute approximate surface area is 123 Å². The fraction of sp³-hybridized carbons (Fsp3) is 0.250. The summed E-state index contributed by atoms with van der Waals surface area (Å²) in [6.07, 6.45) is -0.419. The van der Waals surface area contributed by atoms with Gasteiger partial charge in [-0.3, -0.25) is 5.84 Å². The van der Waals surface area contributed by atoms with Crippen LogP contribution in [0.4, 0.5) is 4.39 Å². The summed E-state index contributed by atoms with van der Waals surface area (Å²) < 4.78 is 25.0. The van der Waals surface area contributed by atoms with Crippen molar-refractivity contribution in [1.82, 2.24) is 5.43 Å². The second kappa shape index (κ2) is 7.17. The van der Waals surface area contributed by atoms with Gasteiger partial charge < -0.3 is 9.47 Å². The third-order valence-electron chi connectivity index (χ3n) is 3.41. The second-order valence-electron chi connectivity index (χ2n) is 4.57. The molecule has 2 aromatic rings. The highest BCUT2D eigenvalue weighted by atomic mass is 19.1. The first-order valence-electron chi connectivity index (χ1n) is 6.59. The Morgan fingerprint density at radius 2 is 1.76 bits per heavy atom. The van der Waals surface area contributed by atoms with Gasteiger partial charge in [-0.2, -0.15) is 0 Å². The molecular formula is C16H19FN2O2. The number of nitrogens with one attached hydrogen (secondary N) is 1. The monoisotopic (exact) mass is 290 g/mol. The van der Waals surface area contributed by atoms with Gasteiger partial charge in [0.15, 0.2) is 11.6 Å². The maximum absolute atomic E-state index is 14.4. The normalized spacial score (nSPS) is 13.7. The summed E-state index contributed by atoms with van der Waals surface area (Å²) in [5.74, 6) is 5.37. The maximum atomic E-state index is 14.4. The van der Waals surface area contributed by atoms with E-state index >= 15 is 0 Å². The smallest absolute Gasteiger partial charge is 0.169 e. The molecule has 2 atom stereocenters. The highest BCUT2D eigenvalue weighted by Crippen LogP contribution is 2.34. The lowest BCUT2D eigenvalue weighted by molar-refractivity contribution is 0.0663. The Morgan fingerprint density at radius 3 is 2.33 bits per heavy atom. The molecule has 0 saturated heterocycles. The minimum atomic E-state index is -0.535. The molecule has 0 saturated carbocycles. The maximum Gasteiger partial charge on any atom is 0.169 e. The zero-order valence-electron chi connectivity index (χ0n) is 12.0. The summed E-state index contributed by atoms with van der Waals surface area (Å²) in [6.45, 7) is 0. The van der Waals surface area contributed by atoms with E-state index in [1.165, 1.54) is 7.11 Å². The van der Waals surface area contributed by atoms with Crippen molar-refractivity contribution in [3.63, 3.8) is 0 Å². The van der Waals surface area contributed by atoms with E-state index in [4.69, 9.17) is 15.3 Å². The third kappa shape index (κ3) is 3.21. The lowest BCUT2D eigenvalue weighted by atomic mass is 9.95. The van der Waals surface area contributed by atoms with Crippen LogP contribution in [0.25, 0.3) is 0 Å². The molecule has 0 fully saturated rings. The summed E-state index contributed by atoms with van der Waals surface area (Å²) in [5, 5.41) is 0. The van der Waals surface area contributed by atoms with Crippen LogP contribution in [0.15, 0.2) is 48.5 Å². The van der Waals surface area contributed by atoms with Crippen molar-refractivity contribution in [3.8, 4) is 5.75 Å². The van der Waals surface area contributed by atoms with Crippen molar-refractivity contribution in [2.24, 2.45) is 5.84 Å². The van der Waals surface area contributed by atoms with Gasteiger partial charge in [-0.05, 0) is 11.6 Å². The van der Waals surface area contributed by atoms with Crippen LogP contribution in [-0.2, 0) is 4.74 Å². The Balaban J connectivity index is 2.43. The van der Waals surface area contributed by atoms with Crippen LogP contribution in [0.2, 0.25) is 0 Å². The van der Waals surface area contributed by atoms with Gasteiger partial charge in [-0.15, -0.1) is 0 Å². The number of ether oxygens (including phenoxy) is 2. The molecule has 112 valence electrons. The number of hydrogen-bond acceptors (Lipinski definition) is 4. The van der Waals surface area contributed by atoms with Crippen LogP contribution in [0.1, 0.15) is 23.3 Å². The molecule has 0 aliphatic rings. The molecule has 0 aliphatic carbocycles. The van der Waals surface area contributed by atoms with E-state index in [1.54, 1.807) is 25.3 Å². The highest BCUT2D eigenvalue weighted by Gasteiger charge is 2.27. The number of hydrazine groups is 1. The summed E-state index contributed by atoms with van der Waals surface area (Å²) in [4.78, 5) is 0. The molecule has 21 heavy (non-hydrogen) atoms. The van der Waals surface area contributed by atoms with Gasteiger partial charge in [0.25, 0.3) is 0 Å². The standard InChI is InChI=1S/C16H19FN2O2/c1-20-13-10-6-9-12(14(13)17)15(19-18)16(21-2)11-7-4-3-5-8-11/h3-10,15-16,19H,18H2,1-2H3. The number of rotatable bonds is 6. The average Bonchev–Trinajstić information content (AvgIpc) is 2.54. The van der Waals surface area contributed by atoms with Crippen LogP contribution in [0, 0.1) is 5.82 Å². The predicted molar refractivity (Wildman–Crippen MR) is 79.2 cm³/mol. The van der Waals surface area contributed by atoms with Crippen molar-refractivity contribution in [2.75, 3.05) is 14.2 Å². The number of methoxy groups -OCH3 is 2. The lowest BCUT2D eigenvalue weighted by Gasteiger charge is -2.27.